The monoisotopic (exact) mass is 115 g/mol. The van der Waals surface area contributed by atoms with Gasteiger partial charge in [-0.2, -0.15) is 0 Å². The van der Waals surface area contributed by atoms with Crippen LogP contribution >= 0.6 is 0 Å². The van der Waals surface area contributed by atoms with Crippen LogP contribution in [-0.4, -0.2) is 34.1 Å². The largest absolute Gasteiger partial charge is 0.388 e. The Morgan fingerprint density at radius 1 is 1.38 bits per heavy atom. The van der Waals surface area contributed by atoms with Gasteiger partial charge in [0.2, 0.25) is 0 Å². The van der Waals surface area contributed by atoms with Gasteiger partial charge in [-0.25, -0.2) is 0 Å². The van der Waals surface area contributed by atoms with E-state index in [0.29, 0.717) is 13.2 Å². The number of hydrogen-bond acceptors (Lipinski definition) is 2. The van der Waals surface area contributed by atoms with Crippen molar-refractivity contribution in [3.63, 3.8) is 0 Å². The van der Waals surface area contributed by atoms with Crippen molar-refractivity contribution >= 4 is 7.28 Å². The summed E-state index contributed by atoms with van der Waals surface area (Å²) in [4.78, 5) is 0. The molecule has 2 nitrogen and oxygen atoms in total. The Kier molecular flexibility index (Phi) is 6.97. The van der Waals surface area contributed by atoms with E-state index >= 15 is 0 Å². The molecule has 47 valence electrons. The summed E-state index contributed by atoms with van der Waals surface area (Å²) in [6.45, 7) is 4.07. The molecule has 8 heavy (non-hydrogen) atoms. The summed E-state index contributed by atoms with van der Waals surface area (Å²) in [5.41, 5.74) is 0. The number of rotatable bonds is 5. The number of ether oxygens (including phenoxy) is 2. The van der Waals surface area contributed by atoms with Gasteiger partial charge in [-0.3, -0.25) is 0 Å². The molecule has 0 N–H and O–H groups in total. The first-order chi connectivity index (χ1) is 3.91. The summed E-state index contributed by atoms with van der Waals surface area (Å²) in [5.74, 6) is 0. The summed E-state index contributed by atoms with van der Waals surface area (Å²) < 4.78 is 9.79. The lowest BCUT2D eigenvalue weighted by Gasteiger charge is -1.98. The fraction of sp³-hybridized carbons (Fsp3) is 1.00. The van der Waals surface area contributed by atoms with Gasteiger partial charge in [0.25, 0.3) is 0 Å². The van der Waals surface area contributed by atoms with Crippen molar-refractivity contribution in [3.8, 4) is 0 Å². The van der Waals surface area contributed by atoms with Crippen LogP contribution in [0.4, 0.5) is 0 Å². The van der Waals surface area contributed by atoms with Gasteiger partial charge in [0.1, 0.15) is 7.28 Å². The standard InChI is InChI=1S/C5H12BO2/c1-6-5-8-4-3-7-2/h3-5H2,1-2H3. The molecule has 0 aromatic rings. The molecular weight excluding hydrogens is 103 g/mol. The van der Waals surface area contributed by atoms with E-state index in [-0.39, 0.29) is 0 Å². The molecule has 0 aliphatic rings. The third kappa shape index (κ3) is 5.98. The second kappa shape index (κ2) is 6.98. The van der Waals surface area contributed by atoms with Gasteiger partial charge in [-0.15, -0.1) is 0 Å². The molecule has 0 fully saturated rings. The SMILES string of the molecule is C[B]COCCOC. The molecule has 0 spiro atoms. The van der Waals surface area contributed by atoms with E-state index in [1.807, 2.05) is 14.1 Å². The summed E-state index contributed by atoms with van der Waals surface area (Å²) in [7, 11) is 3.63. The maximum absolute atomic E-state index is 5.04. The van der Waals surface area contributed by atoms with Crippen LogP contribution in [0.3, 0.4) is 0 Å². The summed E-state index contributed by atoms with van der Waals surface area (Å²) in [6.07, 6.45) is 0. The van der Waals surface area contributed by atoms with Gasteiger partial charge in [-0.05, 0) is 0 Å². The molecule has 0 aromatic heterocycles. The molecule has 1 radical (unpaired) electrons. The van der Waals surface area contributed by atoms with Crippen molar-refractivity contribution < 1.29 is 9.47 Å². The van der Waals surface area contributed by atoms with Crippen molar-refractivity contribution in [2.45, 2.75) is 6.82 Å². The molecule has 0 bridgehead atoms. The Morgan fingerprint density at radius 3 is 2.62 bits per heavy atom. The molecule has 0 aromatic carbocycles. The summed E-state index contributed by atoms with van der Waals surface area (Å²) in [5, 5.41) is 0. The van der Waals surface area contributed by atoms with Gasteiger partial charge < -0.3 is 9.47 Å². The van der Waals surface area contributed by atoms with E-state index in [0.717, 1.165) is 6.51 Å². The van der Waals surface area contributed by atoms with Crippen LogP contribution in [0.15, 0.2) is 0 Å². The van der Waals surface area contributed by atoms with Gasteiger partial charge in [0.15, 0.2) is 0 Å². The van der Waals surface area contributed by atoms with Crippen LogP contribution in [0, 0.1) is 0 Å². The van der Waals surface area contributed by atoms with Crippen molar-refractivity contribution in [2.24, 2.45) is 0 Å². The van der Waals surface area contributed by atoms with Crippen LogP contribution < -0.4 is 0 Å². The summed E-state index contributed by atoms with van der Waals surface area (Å²) >= 11 is 0. The third-order valence-electron chi connectivity index (χ3n) is 0.716. The van der Waals surface area contributed by atoms with Crippen LogP contribution in [0.2, 0.25) is 6.82 Å². The van der Waals surface area contributed by atoms with Gasteiger partial charge in [-0.1, -0.05) is 6.82 Å². The average Bonchev–Trinajstić information content (AvgIpc) is 1.81. The minimum absolute atomic E-state index is 0.688. The molecule has 0 saturated carbocycles. The molecule has 0 saturated heterocycles. The highest BCUT2D eigenvalue weighted by Gasteiger charge is 1.82. The smallest absolute Gasteiger partial charge is 0.141 e. The second-order valence-electron chi connectivity index (χ2n) is 1.48. The van der Waals surface area contributed by atoms with Crippen LogP contribution in [0.25, 0.3) is 0 Å². The molecule has 0 aliphatic carbocycles. The first-order valence-corrected chi connectivity index (χ1v) is 2.76. The Labute approximate surface area is 51.4 Å². The predicted octanol–water partition coefficient (Wildman–Crippen LogP) is 0.359. The zero-order chi connectivity index (χ0) is 6.24. The Balaban J connectivity index is 2.53. The molecular formula is C5H12BO2. The van der Waals surface area contributed by atoms with Crippen molar-refractivity contribution in [1.82, 2.24) is 0 Å². The lowest BCUT2D eigenvalue weighted by molar-refractivity contribution is 0.0926. The van der Waals surface area contributed by atoms with Crippen molar-refractivity contribution in [2.75, 3.05) is 26.8 Å². The van der Waals surface area contributed by atoms with Crippen molar-refractivity contribution in [3.05, 3.63) is 0 Å². The molecule has 0 rings (SSSR count). The minimum Gasteiger partial charge on any atom is -0.388 e. The average molecular weight is 115 g/mol. The van der Waals surface area contributed by atoms with E-state index in [1.54, 1.807) is 7.11 Å². The number of methoxy groups -OCH3 is 1. The van der Waals surface area contributed by atoms with Crippen molar-refractivity contribution in [1.29, 1.82) is 0 Å². The first-order valence-electron chi connectivity index (χ1n) is 2.76. The van der Waals surface area contributed by atoms with E-state index in [2.05, 4.69) is 0 Å². The third-order valence-corrected chi connectivity index (χ3v) is 0.716. The quantitative estimate of drug-likeness (QED) is 0.380. The van der Waals surface area contributed by atoms with Gasteiger partial charge in [0.05, 0.1) is 13.2 Å². The molecule has 0 atom stereocenters. The highest BCUT2D eigenvalue weighted by Crippen LogP contribution is 1.72. The normalized spacial score (nSPS) is 9.25. The van der Waals surface area contributed by atoms with E-state index in [4.69, 9.17) is 9.47 Å². The molecule has 3 heteroatoms. The molecule has 0 unspecified atom stereocenters. The Hall–Kier alpha value is -0.0151. The minimum atomic E-state index is 0.688. The molecule has 0 heterocycles. The Morgan fingerprint density at radius 2 is 2.12 bits per heavy atom. The second-order valence-corrected chi connectivity index (χ2v) is 1.48. The maximum atomic E-state index is 5.04. The highest BCUT2D eigenvalue weighted by molar-refractivity contribution is 6.33. The van der Waals surface area contributed by atoms with Crippen LogP contribution in [0.5, 0.6) is 0 Å². The number of hydrogen-bond donors (Lipinski definition) is 0. The Bertz CT molecular complexity index is 35.4. The topological polar surface area (TPSA) is 18.5 Å². The maximum Gasteiger partial charge on any atom is 0.141 e. The van der Waals surface area contributed by atoms with E-state index in [1.165, 1.54) is 0 Å². The van der Waals surface area contributed by atoms with Crippen LogP contribution in [-0.2, 0) is 9.47 Å². The molecule has 0 amide bonds. The lowest BCUT2D eigenvalue weighted by Crippen LogP contribution is -2.05. The van der Waals surface area contributed by atoms with Crippen LogP contribution in [0.1, 0.15) is 0 Å². The first kappa shape index (κ1) is 7.98. The predicted molar refractivity (Wildman–Crippen MR) is 34.3 cm³/mol. The van der Waals surface area contributed by atoms with Gasteiger partial charge in [0, 0.05) is 13.6 Å². The lowest BCUT2D eigenvalue weighted by atomic mass is 9.85. The highest BCUT2D eigenvalue weighted by atomic mass is 16.5. The molecule has 0 aliphatic heterocycles. The van der Waals surface area contributed by atoms with E-state index < -0.39 is 0 Å². The van der Waals surface area contributed by atoms with Gasteiger partial charge >= 0.3 is 0 Å². The zero-order valence-corrected chi connectivity index (χ0v) is 5.52. The van der Waals surface area contributed by atoms with E-state index in [9.17, 15) is 0 Å². The fourth-order valence-electron chi connectivity index (χ4n) is 0.343. The summed E-state index contributed by atoms with van der Waals surface area (Å²) in [6, 6.07) is 0. The fourth-order valence-corrected chi connectivity index (χ4v) is 0.343. The zero-order valence-electron chi connectivity index (χ0n) is 5.52.